The monoisotopic (exact) mass is 200 g/mol. The maximum atomic E-state index is 9.49. The molecule has 0 fully saturated rings. The highest BCUT2D eigenvalue weighted by atomic mass is 35.5. The summed E-state index contributed by atoms with van der Waals surface area (Å²) < 4.78 is 0. The summed E-state index contributed by atoms with van der Waals surface area (Å²) >= 11 is 0. The third kappa shape index (κ3) is 1.73. The SMILES string of the molecule is Cl.Oc1ccc2c(c1O)CCCC2. The molecule has 13 heavy (non-hydrogen) atoms. The summed E-state index contributed by atoms with van der Waals surface area (Å²) in [5.74, 6) is 0.0999. The quantitative estimate of drug-likeness (QED) is 0.632. The van der Waals surface area contributed by atoms with E-state index in [1.807, 2.05) is 6.07 Å². The van der Waals surface area contributed by atoms with Crippen LogP contribution in [-0.2, 0) is 12.8 Å². The maximum absolute atomic E-state index is 9.49. The number of phenolic OH excluding ortho intramolecular Hbond substituents is 2. The van der Waals surface area contributed by atoms with Gasteiger partial charge in [-0.15, -0.1) is 12.4 Å². The van der Waals surface area contributed by atoms with Crippen LogP contribution in [-0.4, -0.2) is 10.2 Å². The molecule has 0 amide bonds. The van der Waals surface area contributed by atoms with Gasteiger partial charge < -0.3 is 10.2 Å². The van der Waals surface area contributed by atoms with Gasteiger partial charge in [0.2, 0.25) is 0 Å². The summed E-state index contributed by atoms with van der Waals surface area (Å²) in [6, 6.07) is 3.48. The van der Waals surface area contributed by atoms with Crippen molar-refractivity contribution in [3.8, 4) is 11.5 Å². The standard InChI is InChI=1S/C10H12O2.ClH/c11-9-6-5-7-3-1-2-4-8(7)10(9)12;/h5-6,11-12H,1-4H2;1H. The molecule has 1 aromatic rings. The molecule has 72 valence electrons. The number of hydrogen-bond acceptors (Lipinski definition) is 2. The van der Waals surface area contributed by atoms with Gasteiger partial charge in [0.1, 0.15) is 0 Å². The van der Waals surface area contributed by atoms with Crippen molar-refractivity contribution in [2.45, 2.75) is 25.7 Å². The van der Waals surface area contributed by atoms with E-state index in [1.165, 1.54) is 12.0 Å². The molecule has 0 radical (unpaired) electrons. The van der Waals surface area contributed by atoms with Crippen LogP contribution in [0.3, 0.4) is 0 Å². The molecule has 0 unspecified atom stereocenters. The Morgan fingerprint density at radius 2 is 1.69 bits per heavy atom. The van der Waals surface area contributed by atoms with Gasteiger partial charge in [-0.05, 0) is 37.3 Å². The molecular formula is C10H13ClO2. The molecule has 1 aromatic carbocycles. The highest BCUT2D eigenvalue weighted by Crippen LogP contribution is 2.35. The Morgan fingerprint density at radius 1 is 1.00 bits per heavy atom. The fourth-order valence-electron chi connectivity index (χ4n) is 1.80. The summed E-state index contributed by atoms with van der Waals surface area (Å²) in [5, 5.41) is 18.7. The lowest BCUT2D eigenvalue weighted by molar-refractivity contribution is 0.396. The fourth-order valence-corrected chi connectivity index (χ4v) is 1.80. The normalized spacial score (nSPS) is 14.5. The molecule has 0 aliphatic heterocycles. The Morgan fingerprint density at radius 3 is 2.46 bits per heavy atom. The van der Waals surface area contributed by atoms with Crippen molar-refractivity contribution in [3.63, 3.8) is 0 Å². The lowest BCUT2D eigenvalue weighted by Crippen LogP contribution is -2.02. The average molecular weight is 201 g/mol. The smallest absolute Gasteiger partial charge is 0.160 e. The Bertz CT molecular complexity index is 310. The third-order valence-corrected chi connectivity index (χ3v) is 2.48. The molecule has 0 saturated carbocycles. The van der Waals surface area contributed by atoms with Gasteiger partial charge >= 0.3 is 0 Å². The number of aromatic hydroxyl groups is 2. The van der Waals surface area contributed by atoms with Gasteiger partial charge in [-0.3, -0.25) is 0 Å². The number of aryl methyl sites for hydroxylation is 1. The zero-order chi connectivity index (χ0) is 8.55. The summed E-state index contributed by atoms with van der Waals surface area (Å²) in [5.41, 5.74) is 2.14. The molecule has 0 aromatic heterocycles. The van der Waals surface area contributed by atoms with E-state index in [2.05, 4.69) is 0 Å². The fraction of sp³-hybridized carbons (Fsp3) is 0.400. The van der Waals surface area contributed by atoms with Crippen molar-refractivity contribution in [3.05, 3.63) is 23.3 Å². The van der Waals surface area contributed by atoms with Crippen molar-refractivity contribution in [1.29, 1.82) is 0 Å². The van der Waals surface area contributed by atoms with Crippen LogP contribution >= 0.6 is 12.4 Å². The van der Waals surface area contributed by atoms with Crippen LogP contribution in [0.25, 0.3) is 0 Å². The van der Waals surface area contributed by atoms with Crippen LogP contribution in [0.4, 0.5) is 0 Å². The minimum atomic E-state index is 0. The van der Waals surface area contributed by atoms with E-state index in [9.17, 15) is 10.2 Å². The molecule has 0 spiro atoms. The predicted octanol–water partition coefficient (Wildman–Crippen LogP) is 2.40. The molecule has 2 nitrogen and oxygen atoms in total. The molecule has 0 atom stereocenters. The largest absolute Gasteiger partial charge is 0.504 e. The van der Waals surface area contributed by atoms with Crippen LogP contribution in [0.2, 0.25) is 0 Å². The van der Waals surface area contributed by atoms with E-state index < -0.39 is 0 Å². The van der Waals surface area contributed by atoms with Gasteiger partial charge in [0.15, 0.2) is 11.5 Å². The Labute approximate surface area is 83.6 Å². The van der Waals surface area contributed by atoms with Crippen LogP contribution in [0, 0.1) is 0 Å². The minimum Gasteiger partial charge on any atom is -0.504 e. The van der Waals surface area contributed by atoms with E-state index in [4.69, 9.17) is 0 Å². The molecule has 1 aliphatic rings. The number of rotatable bonds is 0. The van der Waals surface area contributed by atoms with E-state index in [0.717, 1.165) is 24.8 Å². The zero-order valence-corrected chi connectivity index (χ0v) is 8.10. The lowest BCUT2D eigenvalue weighted by atomic mass is 9.91. The molecule has 2 N–H and O–H groups in total. The van der Waals surface area contributed by atoms with Gasteiger partial charge in [0.05, 0.1) is 0 Å². The highest BCUT2D eigenvalue weighted by Gasteiger charge is 2.14. The van der Waals surface area contributed by atoms with E-state index in [-0.39, 0.29) is 23.9 Å². The average Bonchev–Trinajstić information content (AvgIpc) is 2.12. The Kier molecular flexibility index (Phi) is 3.04. The molecule has 1 aliphatic carbocycles. The second-order valence-corrected chi connectivity index (χ2v) is 3.28. The minimum absolute atomic E-state index is 0. The number of fused-ring (bicyclic) bond motifs is 1. The molecule has 0 bridgehead atoms. The van der Waals surface area contributed by atoms with Crippen molar-refractivity contribution >= 4 is 12.4 Å². The number of phenols is 2. The topological polar surface area (TPSA) is 40.5 Å². The molecule has 0 heterocycles. The first-order valence-corrected chi connectivity index (χ1v) is 4.32. The van der Waals surface area contributed by atoms with Gasteiger partial charge in [-0.25, -0.2) is 0 Å². The van der Waals surface area contributed by atoms with Crippen LogP contribution in [0.15, 0.2) is 12.1 Å². The molecule has 3 heteroatoms. The summed E-state index contributed by atoms with van der Waals surface area (Å²) in [6.07, 6.45) is 4.24. The Balaban J connectivity index is 0.000000845. The van der Waals surface area contributed by atoms with E-state index in [1.54, 1.807) is 6.07 Å². The van der Waals surface area contributed by atoms with E-state index >= 15 is 0 Å². The van der Waals surface area contributed by atoms with E-state index in [0.29, 0.717) is 0 Å². The van der Waals surface area contributed by atoms with Gasteiger partial charge in [0.25, 0.3) is 0 Å². The first kappa shape index (κ1) is 10.2. The molecule has 0 saturated heterocycles. The zero-order valence-electron chi connectivity index (χ0n) is 7.29. The Hall–Kier alpha value is -0.890. The molecular weight excluding hydrogens is 188 g/mol. The first-order chi connectivity index (χ1) is 5.79. The highest BCUT2D eigenvalue weighted by molar-refractivity contribution is 5.85. The van der Waals surface area contributed by atoms with Crippen LogP contribution in [0.5, 0.6) is 11.5 Å². The summed E-state index contributed by atoms with van der Waals surface area (Å²) in [7, 11) is 0. The van der Waals surface area contributed by atoms with Gasteiger partial charge in [0, 0.05) is 5.56 Å². The van der Waals surface area contributed by atoms with Crippen molar-refractivity contribution in [2.75, 3.05) is 0 Å². The third-order valence-electron chi connectivity index (χ3n) is 2.48. The van der Waals surface area contributed by atoms with Crippen LogP contribution in [0.1, 0.15) is 24.0 Å². The summed E-state index contributed by atoms with van der Waals surface area (Å²) in [4.78, 5) is 0. The lowest BCUT2D eigenvalue weighted by Gasteiger charge is -2.16. The van der Waals surface area contributed by atoms with Crippen molar-refractivity contribution in [1.82, 2.24) is 0 Å². The summed E-state index contributed by atoms with van der Waals surface area (Å²) in [6.45, 7) is 0. The predicted molar refractivity (Wildman–Crippen MR) is 53.7 cm³/mol. The molecule has 2 rings (SSSR count). The first-order valence-electron chi connectivity index (χ1n) is 4.32. The van der Waals surface area contributed by atoms with Gasteiger partial charge in [-0.2, -0.15) is 0 Å². The maximum Gasteiger partial charge on any atom is 0.160 e. The van der Waals surface area contributed by atoms with Crippen LogP contribution < -0.4 is 0 Å². The number of hydrogen-bond donors (Lipinski definition) is 2. The van der Waals surface area contributed by atoms with Gasteiger partial charge in [-0.1, -0.05) is 6.07 Å². The second kappa shape index (κ2) is 3.88. The number of halogens is 1. The number of benzene rings is 1. The van der Waals surface area contributed by atoms with Crippen molar-refractivity contribution < 1.29 is 10.2 Å². The van der Waals surface area contributed by atoms with Crippen molar-refractivity contribution in [2.24, 2.45) is 0 Å². The second-order valence-electron chi connectivity index (χ2n) is 3.28.